The average Bonchev–Trinajstić information content (AvgIpc) is 2.62. The maximum Gasteiger partial charge on any atom is 0.191 e. The first kappa shape index (κ1) is 9.02. The van der Waals surface area contributed by atoms with Crippen molar-refractivity contribution in [2.75, 3.05) is 13.6 Å². The van der Waals surface area contributed by atoms with Gasteiger partial charge in [-0.3, -0.25) is 4.99 Å². The van der Waals surface area contributed by atoms with Gasteiger partial charge in [-0.15, -0.1) is 11.3 Å². The molecule has 1 unspecified atom stereocenters. The molecule has 70 valence electrons. The van der Waals surface area contributed by atoms with Crippen molar-refractivity contribution in [2.24, 2.45) is 10.7 Å². The topological polar surface area (TPSA) is 41.6 Å². The van der Waals surface area contributed by atoms with Crippen LogP contribution in [-0.4, -0.2) is 24.5 Å². The van der Waals surface area contributed by atoms with E-state index in [1.54, 1.807) is 11.3 Å². The van der Waals surface area contributed by atoms with E-state index in [1.165, 1.54) is 4.88 Å². The van der Waals surface area contributed by atoms with Gasteiger partial charge in [-0.1, -0.05) is 0 Å². The lowest BCUT2D eigenvalue weighted by Gasteiger charge is -2.19. The highest BCUT2D eigenvalue weighted by molar-refractivity contribution is 9.10. The van der Waals surface area contributed by atoms with Crippen LogP contribution in [0.25, 0.3) is 0 Å². The van der Waals surface area contributed by atoms with Crippen LogP contribution in [0.2, 0.25) is 0 Å². The quantitative estimate of drug-likeness (QED) is 0.836. The van der Waals surface area contributed by atoms with Gasteiger partial charge >= 0.3 is 0 Å². The van der Waals surface area contributed by atoms with E-state index in [0.29, 0.717) is 12.0 Å². The Balaban J connectivity index is 2.21. The molecule has 1 aromatic heterocycles. The van der Waals surface area contributed by atoms with Gasteiger partial charge in [0.05, 0.1) is 12.6 Å². The van der Waals surface area contributed by atoms with Crippen LogP contribution in [0.5, 0.6) is 0 Å². The number of thiophene rings is 1. The van der Waals surface area contributed by atoms with Crippen LogP contribution in [0.1, 0.15) is 10.9 Å². The van der Waals surface area contributed by atoms with E-state index in [2.05, 4.69) is 32.4 Å². The number of aliphatic imine (C=N–C) groups is 1. The lowest BCUT2D eigenvalue weighted by molar-refractivity contribution is 0.420. The molecule has 0 saturated carbocycles. The summed E-state index contributed by atoms with van der Waals surface area (Å²) in [5, 5.41) is 2.08. The first-order valence-electron chi connectivity index (χ1n) is 3.95. The molecular weight excluding hydrogens is 250 g/mol. The Morgan fingerprint density at radius 2 is 2.54 bits per heavy atom. The number of nitrogens with two attached hydrogens (primary N) is 1. The van der Waals surface area contributed by atoms with Gasteiger partial charge in [0.25, 0.3) is 0 Å². The Hall–Kier alpha value is -0.550. The number of hydrogen-bond acceptors (Lipinski definition) is 4. The second kappa shape index (κ2) is 3.31. The molecule has 0 saturated heterocycles. The summed E-state index contributed by atoms with van der Waals surface area (Å²) in [5.74, 6) is 0.634. The van der Waals surface area contributed by atoms with Gasteiger partial charge in [-0.25, -0.2) is 0 Å². The van der Waals surface area contributed by atoms with Crippen molar-refractivity contribution in [2.45, 2.75) is 6.04 Å². The zero-order chi connectivity index (χ0) is 9.42. The van der Waals surface area contributed by atoms with Gasteiger partial charge in [-0.05, 0) is 22.0 Å². The molecule has 0 bridgehead atoms. The molecule has 2 N–H and O–H groups in total. The molecule has 0 fully saturated rings. The second-order valence-corrected chi connectivity index (χ2v) is 4.85. The molecule has 1 aliphatic rings. The van der Waals surface area contributed by atoms with E-state index in [4.69, 9.17) is 5.73 Å². The van der Waals surface area contributed by atoms with Gasteiger partial charge in [0.15, 0.2) is 5.96 Å². The summed E-state index contributed by atoms with van der Waals surface area (Å²) in [6.07, 6.45) is 0. The van der Waals surface area contributed by atoms with Crippen LogP contribution in [-0.2, 0) is 0 Å². The van der Waals surface area contributed by atoms with Gasteiger partial charge in [0, 0.05) is 21.8 Å². The standard InChI is InChI=1S/C8H10BrN3S/c1-12-6(3-11-8(12)10)7-2-5(9)4-13-7/h2,4,6H,3H2,1H3,(H2,10,11). The summed E-state index contributed by atoms with van der Waals surface area (Å²) >= 11 is 5.17. The lowest BCUT2D eigenvalue weighted by Crippen LogP contribution is -2.31. The van der Waals surface area contributed by atoms with Gasteiger partial charge in [-0.2, -0.15) is 0 Å². The molecule has 13 heavy (non-hydrogen) atoms. The largest absolute Gasteiger partial charge is 0.370 e. The Morgan fingerprint density at radius 1 is 1.77 bits per heavy atom. The van der Waals surface area contributed by atoms with Crippen LogP contribution in [0.3, 0.4) is 0 Å². The Bertz CT molecular complexity index is 347. The normalized spacial score (nSPS) is 22.2. The number of halogens is 1. The highest BCUT2D eigenvalue weighted by atomic mass is 79.9. The molecule has 1 aliphatic heterocycles. The molecule has 2 rings (SSSR count). The Morgan fingerprint density at radius 3 is 3.00 bits per heavy atom. The smallest absolute Gasteiger partial charge is 0.191 e. The number of nitrogens with zero attached hydrogens (tertiary/aromatic N) is 2. The summed E-state index contributed by atoms with van der Waals surface area (Å²) in [4.78, 5) is 7.51. The summed E-state index contributed by atoms with van der Waals surface area (Å²) in [7, 11) is 1.98. The summed E-state index contributed by atoms with van der Waals surface area (Å²) in [6, 6.07) is 2.45. The van der Waals surface area contributed by atoms with Crippen LogP contribution >= 0.6 is 27.3 Å². The third-order valence-electron chi connectivity index (χ3n) is 2.17. The summed E-state index contributed by atoms with van der Waals surface area (Å²) in [6.45, 7) is 0.773. The van der Waals surface area contributed by atoms with Crippen molar-refractivity contribution in [1.82, 2.24) is 4.90 Å². The molecule has 1 aromatic rings. The Kier molecular flexibility index (Phi) is 2.29. The molecule has 1 atom stereocenters. The molecule has 2 heterocycles. The van der Waals surface area contributed by atoms with Crippen LogP contribution in [0.15, 0.2) is 20.9 Å². The average molecular weight is 260 g/mol. The summed E-state index contributed by atoms with van der Waals surface area (Å²) in [5.41, 5.74) is 5.68. The highest BCUT2D eigenvalue weighted by Crippen LogP contribution is 2.31. The van der Waals surface area contributed by atoms with Crippen LogP contribution < -0.4 is 5.73 Å². The van der Waals surface area contributed by atoms with Crippen molar-refractivity contribution in [3.8, 4) is 0 Å². The zero-order valence-electron chi connectivity index (χ0n) is 7.20. The van der Waals surface area contributed by atoms with Gasteiger partial charge < -0.3 is 10.6 Å². The SMILES string of the molecule is CN1C(N)=NCC1c1cc(Br)cs1. The molecule has 0 aliphatic carbocycles. The first-order chi connectivity index (χ1) is 6.18. The minimum Gasteiger partial charge on any atom is -0.370 e. The predicted octanol–water partition coefficient (Wildman–Crippen LogP) is 1.81. The van der Waals surface area contributed by atoms with Crippen LogP contribution in [0, 0.1) is 0 Å². The first-order valence-corrected chi connectivity index (χ1v) is 5.62. The number of rotatable bonds is 1. The molecule has 0 aromatic carbocycles. The van der Waals surface area contributed by atoms with E-state index < -0.39 is 0 Å². The number of guanidine groups is 1. The maximum absolute atomic E-state index is 5.68. The van der Waals surface area contributed by atoms with E-state index in [0.717, 1.165) is 11.0 Å². The van der Waals surface area contributed by atoms with E-state index in [9.17, 15) is 0 Å². The monoisotopic (exact) mass is 259 g/mol. The maximum atomic E-state index is 5.68. The van der Waals surface area contributed by atoms with Crippen molar-refractivity contribution >= 4 is 33.2 Å². The third-order valence-corrected chi connectivity index (χ3v) is 3.97. The predicted molar refractivity (Wildman–Crippen MR) is 59.0 cm³/mol. The molecule has 3 nitrogen and oxygen atoms in total. The minimum atomic E-state index is 0.330. The van der Waals surface area contributed by atoms with E-state index in [-0.39, 0.29) is 0 Å². The molecule has 0 radical (unpaired) electrons. The van der Waals surface area contributed by atoms with E-state index in [1.807, 2.05) is 11.9 Å². The molecule has 0 spiro atoms. The summed E-state index contributed by atoms with van der Waals surface area (Å²) < 4.78 is 1.13. The zero-order valence-corrected chi connectivity index (χ0v) is 9.60. The molecular formula is C8H10BrN3S. The van der Waals surface area contributed by atoms with Crippen molar-refractivity contribution in [3.63, 3.8) is 0 Å². The van der Waals surface area contributed by atoms with Crippen molar-refractivity contribution in [1.29, 1.82) is 0 Å². The van der Waals surface area contributed by atoms with Crippen LogP contribution in [0.4, 0.5) is 0 Å². The van der Waals surface area contributed by atoms with Gasteiger partial charge in [0.2, 0.25) is 0 Å². The molecule has 0 amide bonds. The number of likely N-dealkylation sites (N-methyl/N-ethyl adjacent to an activating group) is 1. The lowest BCUT2D eigenvalue weighted by atomic mass is 10.2. The fourth-order valence-corrected chi connectivity index (χ4v) is 2.94. The Labute approximate surface area is 89.4 Å². The fraction of sp³-hybridized carbons (Fsp3) is 0.375. The van der Waals surface area contributed by atoms with Crippen molar-refractivity contribution in [3.05, 3.63) is 20.8 Å². The highest BCUT2D eigenvalue weighted by Gasteiger charge is 2.24. The third kappa shape index (κ3) is 1.58. The van der Waals surface area contributed by atoms with Gasteiger partial charge in [0.1, 0.15) is 0 Å². The van der Waals surface area contributed by atoms with Crippen molar-refractivity contribution < 1.29 is 0 Å². The molecule has 5 heteroatoms. The number of hydrogen-bond donors (Lipinski definition) is 1. The van der Waals surface area contributed by atoms with E-state index >= 15 is 0 Å². The minimum absolute atomic E-state index is 0.330. The second-order valence-electron chi connectivity index (χ2n) is 2.99. The fourth-order valence-electron chi connectivity index (χ4n) is 1.36.